The van der Waals surface area contributed by atoms with Crippen molar-refractivity contribution >= 4 is 58.7 Å². The fourth-order valence-electron chi connectivity index (χ4n) is 10.8. The van der Waals surface area contributed by atoms with Gasteiger partial charge >= 0.3 is 0 Å². The molecule has 27 nitrogen and oxygen atoms in total. The Kier molecular flexibility index (Phi) is 25.6. The van der Waals surface area contributed by atoms with Gasteiger partial charge in [0.2, 0.25) is 17.8 Å². The summed E-state index contributed by atoms with van der Waals surface area (Å²) in [6, 6.07) is 36.3. The zero-order valence-corrected chi connectivity index (χ0v) is 60.0. The maximum Gasteiger partial charge on any atom is 0.259 e. The molecule has 104 heavy (non-hydrogen) atoms. The third-order valence-electron chi connectivity index (χ3n) is 15.9. The molecule has 7 N–H and O–H groups in total. The van der Waals surface area contributed by atoms with Gasteiger partial charge in [-0.2, -0.15) is 39.1 Å². The Bertz CT molecular complexity index is 5250. The third-order valence-corrected chi connectivity index (χ3v) is 16.7. The Labute approximate surface area is 600 Å². The van der Waals surface area contributed by atoms with E-state index in [1.165, 1.54) is 73.1 Å². The monoisotopic (exact) mass is 1430 g/mol. The summed E-state index contributed by atoms with van der Waals surface area (Å²) in [6.07, 6.45) is 9.50. The van der Waals surface area contributed by atoms with Gasteiger partial charge < -0.3 is 21.3 Å². The molecule has 0 unspecified atom stereocenters. The third kappa shape index (κ3) is 18.2. The van der Waals surface area contributed by atoms with E-state index in [4.69, 9.17) is 0 Å². The van der Waals surface area contributed by atoms with Crippen molar-refractivity contribution in [3.8, 4) is 23.8 Å². The van der Waals surface area contributed by atoms with Crippen LogP contribution in [0.1, 0.15) is 146 Å². The molecule has 0 bridgehead atoms. The van der Waals surface area contributed by atoms with Crippen LogP contribution in [0.3, 0.4) is 0 Å². The van der Waals surface area contributed by atoms with E-state index >= 15 is 0 Å². The summed E-state index contributed by atoms with van der Waals surface area (Å²) in [4.78, 5) is 118. The largest absolute Gasteiger partial charge is 0.306 e. The minimum atomic E-state index is -0.620. The second-order valence-corrected chi connectivity index (χ2v) is 23.8. The molecule has 0 spiro atoms. The van der Waals surface area contributed by atoms with Crippen molar-refractivity contribution in [1.29, 1.82) is 0 Å². The quantitative estimate of drug-likeness (QED) is 0.0349. The number of anilines is 4. The van der Waals surface area contributed by atoms with E-state index < -0.39 is 23.4 Å². The topological polar surface area (TPSA) is 351 Å². The molecule has 0 aliphatic carbocycles. The van der Waals surface area contributed by atoms with Crippen LogP contribution in [0, 0.1) is 32.4 Å². The lowest BCUT2D eigenvalue weighted by atomic mass is 10.1. The van der Waals surface area contributed by atoms with Crippen molar-refractivity contribution in [2.24, 2.45) is 0 Å². The second-order valence-electron chi connectivity index (χ2n) is 23.0. The number of benzene rings is 4. The SMILES string of the molecule is CCc1ccnc(-n2nccc2NC(=O)c2ccccc2F)n1.CCc1nc(-n2nc(C)cc2NC(=O)c2ccccc2)[nH]c(=O)c1CC.CCc1nc(-n2nc(C)cc2NC(=O)c2ccccc2F)[nH]c(=O)c1CC.CCc1nc(-n2nc(C)cc2NC(=O)c2ccccc2SC)[nH]c(=O)c1CC. The molecule has 0 atom stereocenters. The molecule has 0 saturated heterocycles. The average Bonchev–Trinajstić information content (AvgIpc) is 1.52. The summed E-state index contributed by atoms with van der Waals surface area (Å²) in [5, 5.41) is 28.2. The lowest BCUT2D eigenvalue weighted by Crippen LogP contribution is -2.23. The van der Waals surface area contributed by atoms with Crippen molar-refractivity contribution in [2.75, 3.05) is 27.5 Å². The van der Waals surface area contributed by atoms with E-state index in [1.54, 1.807) is 79.9 Å². The van der Waals surface area contributed by atoms with E-state index in [2.05, 4.69) is 81.5 Å². The van der Waals surface area contributed by atoms with Crippen LogP contribution < -0.4 is 37.9 Å². The van der Waals surface area contributed by atoms with Crippen LogP contribution >= 0.6 is 11.8 Å². The van der Waals surface area contributed by atoms with Crippen LogP contribution in [-0.2, 0) is 44.9 Å². The molecule has 12 aromatic rings. The summed E-state index contributed by atoms with van der Waals surface area (Å²) in [5.74, 6) is -0.186. The fourth-order valence-corrected chi connectivity index (χ4v) is 11.4. The molecular weight excluding hydrogens is 1350 g/mol. The van der Waals surface area contributed by atoms with Gasteiger partial charge in [-0.1, -0.05) is 103 Å². The normalized spacial score (nSPS) is 10.7. The smallest absolute Gasteiger partial charge is 0.259 e. The van der Waals surface area contributed by atoms with Crippen molar-refractivity contribution in [2.45, 2.75) is 119 Å². The van der Waals surface area contributed by atoms with Gasteiger partial charge in [-0.15, -0.1) is 11.8 Å². The highest BCUT2D eigenvalue weighted by molar-refractivity contribution is 7.98. The van der Waals surface area contributed by atoms with Crippen LogP contribution in [0.2, 0.25) is 0 Å². The Morgan fingerprint density at radius 2 is 0.808 bits per heavy atom. The number of carbonyl (C=O) groups is 4. The molecule has 30 heteroatoms. The van der Waals surface area contributed by atoms with Crippen LogP contribution in [0.15, 0.2) is 165 Å². The first kappa shape index (κ1) is 75.7. The summed E-state index contributed by atoms with van der Waals surface area (Å²) in [7, 11) is 0. The van der Waals surface area contributed by atoms with Crippen LogP contribution in [0.4, 0.5) is 32.1 Å². The van der Waals surface area contributed by atoms with E-state index in [1.807, 2.05) is 98.9 Å². The van der Waals surface area contributed by atoms with Crippen molar-refractivity contribution in [1.82, 2.24) is 79.0 Å². The first-order chi connectivity index (χ1) is 50.1. The maximum absolute atomic E-state index is 13.9. The number of aryl methyl sites for hydroxylation is 7. The number of H-pyrrole nitrogens is 3. The van der Waals surface area contributed by atoms with E-state index in [0.717, 1.165) is 28.4 Å². The molecule has 4 aromatic carbocycles. The summed E-state index contributed by atoms with van der Waals surface area (Å²) >= 11 is 1.51. The summed E-state index contributed by atoms with van der Waals surface area (Å²) in [5.41, 5.74) is 7.40. The number of halogens is 2. The van der Waals surface area contributed by atoms with Gasteiger partial charge in [0.25, 0.3) is 46.3 Å². The standard InChI is InChI=1S/C20H23N5O2S.C19H20FN5O2.C19H21N5O2.C16H14FN5O/c1-5-13-15(6-2)21-20(23-18(13)26)25-17(11-12(3)24-25)22-19(27)14-9-7-8-10-16(14)28-4;1-4-12-15(5-2)21-19(23-17(12)26)25-16(10-11(3)24-25)22-18(27)13-8-6-7-9-14(13)20;1-4-14-15(5-2)20-19(22-18(14)26)24-16(11-12(3)23-24)21-17(25)13-9-7-6-8-10-13;1-2-11-7-9-18-16(20-11)22-14(8-10-19-22)21-15(23)12-5-3-4-6-13(12)17/h7-11H,5-6H2,1-4H3,(H,22,27)(H,21,23,26);6-10H,4-5H2,1-3H3,(H,22,27)(H,21,23,26);6-11H,4-5H2,1-3H3,(H,21,25)(H,20,22,26);3-10H,2H2,1H3,(H,21,23). The Morgan fingerprint density at radius 3 is 1.21 bits per heavy atom. The molecule has 0 radical (unpaired) electrons. The second kappa shape index (κ2) is 35.2. The van der Waals surface area contributed by atoms with Gasteiger partial charge in [0.15, 0.2) is 0 Å². The number of aromatic nitrogens is 16. The zero-order chi connectivity index (χ0) is 74.7. The summed E-state index contributed by atoms with van der Waals surface area (Å²) in [6.45, 7) is 18.9. The van der Waals surface area contributed by atoms with Gasteiger partial charge in [-0.25, -0.2) is 33.7 Å². The first-order valence-electron chi connectivity index (χ1n) is 33.5. The van der Waals surface area contributed by atoms with E-state index in [9.17, 15) is 42.3 Å². The molecule has 8 heterocycles. The molecule has 0 aliphatic rings. The Morgan fingerprint density at radius 1 is 0.423 bits per heavy atom. The predicted molar refractivity (Wildman–Crippen MR) is 394 cm³/mol. The molecule has 536 valence electrons. The number of hydrogen-bond acceptors (Lipinski definition) is 17. The maximum atomic E-state index is 13.9. The van der Waals surface area contributed by atoms with Crippen LogP contribution in [-0.4, -0.2) is 109 Å². The lowest BCUT2D eigenvalue weighted by Gasteiger charge is -2.12. The number of amides is 4. The van der Waals surface area contributed by atoms with Crippen LogP contribution in [0.25, 0.3) is 23.8 Å². The number of thioether (sulfide) groups is 1. The van der Waals surface area contributed by atoms with Gasteiger partial charge in [-0.05, 0) is 127 Å². The molecule has 12 rings (SSSR count). The molecule has 0 saturated carbocycles. The highest BCUT2D eigenvalue weighted by atomic mass is 32.2. The number of nitrogens with zero attached hydrogens (tertiary/aromatic N) is 13. The minimum absolute atomic E-state index is 0.0384. The van der Waals surface area contributed by atoms with Gasteiger partial charge in [0.05, 0.1) is 57.1 Å². The average molecular weight is 1430 g/mol. The zero-order valence-electron chi connectivity index (χ0n) is 59.1. The number of carbonyl (C=O) groups excluding carboxylic acids is 4. The number of hydrogen-bond donors (Lipinski definition) is 7. The van der Waals surface area contributed by atoms with Gasteiger partial charge in [0, 0.05) is 63.3 Å². The van der Waals surface area contributed by atoms with Gasteiger partial charge in [0.1, 0.15) is 34.9 Å². The fraction of sp³-hybridized carbons (Fsp3) is 0.243. The number of aromatic amines is 3. The first-order valence-corrected chi connectivity index (χ1v) is 34.7. The van der Waals surface area contributed by atoms with Gasteiger partial charge in [-0.3, -0.25) is 48.5 Å². The molecular formula is C74H78F2N20O7S. The number of rotatable bonds is 20. The molecule has 0 fully saturated rings. The molecule has 0 aliphatic heterocycles. The van der Waals surface area contributed by atoms with E-state index in [-0.39, 0.29) is 51.4 Å². The highest BCUT2D eigenvalue weighted by Gasteiger charge is 2.23. The molecule has 4 amide bonds. The molecule has 8 aromatic heterocycles. The van der Waals surface area contributed by atoms with Crippen molar-refractivity contribution in [3.63, 3.8) is 0 Å². The highest BCUT2D eigenvalue weighted by Crippen LogP contribution is 2.24. The number of nitrogens with one attached hydrogen (secondary N) is 7. The van der Waals surface area contributed by atoms with Crippen molar-refractivity contribution < 1.29 is 28.0 Å². The predicted octanol–water partition coefficient (Wildman–Crippen LogP) is 11.4. The van der Waals surface area contributed by atoms with E-state index in [0.29, 0.717) is 124 Å². The Balaban J connectivity index is 0.000000161. The lowest BCUT2D eigenvalue weighted by molar-refractivity contribution is 0.101. The Hall–Kier alpha value is -12.5. The van der Waals surface area contributed by atoms with Crippen molar-refractivity contribution in [3.05, 3.63) is 267 Å². The summed E-state index contributed by atoms with van der Waals surface area (Å²) < 4.78 is 33.2. The van der Waals surface area contributed by atoms with Crippen LogP contribution in [0.5, 0.6) is 0 Å². The minimum Gasteiger partial charge on any atom is -0.306 e.